The summed E-state index contributed by atoms with van der Waals surface area (Å²) in [5.74, 6) is -1.22. The van der Waals surface area contributed by atoms with Crippen LogP contribution in [0.1, 0.15) is 59.8 Å². The highest BCUT2D eigenvalue weighted by atomic mass is 16.5. The Kier molecular flexibility index (Phi) is 5.55. The van der Waals surface area contributed by atoms with Crippen molar-refractivity contribution >= 4 is 17.5 Å². The van der Waals surface area contributed by atoms with Crippen molar-refractivity contribution in [3.8, 4) is 0 Å². The Morgan fingerprint density at radius 3 is 2.66 bits per heavy atom. The maximum atomic E-state index is 13.4. The van der Waals surface area contributed by atoms with Crippen LogP contribution in [0.25, 0.3) is 0 Å². The van der Waals surface area contributed by atoms with Gasteiger partial charge in [0.25, 0.3) is 0 Å². The molecular formula is C25H34N2O5. The first-order valence-corrected chi connectivity index (χ1v) is 11.7. The fourth-order valence-electron chi connectivity index (χ4n) is 7.22. The Balaban J connectivity index is 1.83. The van der Waals surface area contributed by atoms with Crippen molar-refractivity contribution < 1.29 is 24.2 Å². The largest absolute Gasteiger partial charge is 0.458 e. The highest BCUT2D eigenvalue weighted by Crippen LogP contribution is 2.68. The normalized spacial score (nSPS) is 46.0. The van der Waals surface area contributed by atoms with E-state index in [0.717, 1.165) is 25.5 Å². The van der Waals surface area contributed by atoms with Crippen molar-refractivity contribution in [2.24, 2.45) is 44.2 Å². The van der Waals surface area contributed by atoms with Crippen LogP contribution in [-0.4, -0.2) is 41.4 Å². The molecule has 1 unspecified atom stereocenters. The molecule has 3 fully saturated rings. The van der Waals surface area contributed by atoms with E-state index in [4.69, 9.17) is 4.74 Å². The zero-order chi connectivity index (χ0) is 23.5. The van der Waals surface area contributed by atoms with Gasteiger partial charge in [-0.25, -0.2) is 4.79 Å². The van der Waals surface area contributed by atoms with Crippen LogP contribution in [0, 0.1) is 34.0 Å². The molecule has 1 heterocycles. The van der Waals surface area contributed by atoms with E-state index in [0.29, 0.717) is 12.8 Å². The van der Waals surface area contributed by atoms with Gasteiger partial charge in [0.1, 0.15) is 24.0 Å². The second-order valence-corrected chi connectivity index (χ2v) is 10.9. The first kappa shape index (κ1) is 23.0. The highest BCUT2D eigenvalue weighted by Gasteiger charge is 2.68. The minimum atomic E-state index is -0.733. The summed E-state index contributed by atoms with van der Waals surface area (Å²) in [7, 11) is 0. The maximum absolute atomic E-state index is 13.4. The van der Waals surface area contributed by atoms with E-state index in [-0.39, 0.29) is 41.1 Å². The number of rotatable bonds is 3. The van der Waals surface area contributed by atoms with Crippen molar-refractivity contribution in [1.82, 2.24) is 0 Å². The monoisotopic (exact) mass is 442 g/mol. The zero-order valence-electron chi connectivity index (χ0n) is 19.5. The predicted molar refractivity (Wildman–Crippen MR) is 117 cm³/mol. The molecule has 1 N–H and O–H groups in total. The number of esters is 1. The number of hydrogen-bond acceptors (Lipinski definition) is 7. The number of ketones is 2. The zero-order valence-corrected chi connectivity index (χ0v) is 19.5. The molecule has 3 saturated carbocycles. The van der Waals surface area contributed by atoms with Crippen LogP contribution < -0.4 is 0 Å². The molecule has 4 aliphatic rings. The lowest BCUT2D eigenvalue weighted by molar-refractivity contribution is -0.204. The van der Waals surface area contributed by atoms with Gasteiger partial charge >= 0.3 is 5.97 Å². The third-order valence-corrected chi connectivity index (χ3v) is 9.55. The first-order chi connectivity index (χ1) is 15.0. The van der Waals surface area contributed by atoms with Gasteiger partial charge in [0.2, 0.25) is 0 Å². The number of carbonyl (C=O) groups is 3. The van der Waals surface area contributed by atoms with Crippen LogP contribution in [0.3, 0.4) is 0 Å². The second-order valence-electron chi connectivity index (χ2n) is 10.9. The van der Waals surface area contributed by atoms with E-state index >= 15 is 0 Å². The molecule has 0 aromatic rings. The van der Waals surface area contributed by atoms with Crippen LogP contribution in [0.4, 0.5) is 0 Å². The molecule has 0 aromatic heterocycles. The fourth-order valence-corrected chi connectivity index (χ4v) is 7.22. The molecule has 4 rings (SSSR count). The molecule has 7 heteroatoms. The minimum absolute atomic E-state index is 0.0894. The summed E-state index contributed by atoms with van der Waals surface area (Å²) in [5.41, 5.74) is -1.77. The van der Waals surface area contributed by atoms with Crippen LogP contribution >= 0.6 is 0 Å². The Bertz CT molecular complexity index is 925. The lowest BCUT2D eigenvalue weighted by Gasteiger charge is -2.61. The van der Waals surface area contributed by atoms with Gasteiger partial charge in [-0.3, -0.25) is 9.59 Å². The van der Waals surface area contributed by atoms with Gasteiger partial charge in [-0.2, -0.15) is 10.2 Å². The first-order valence-electron chi connectivity index (χ1n) is 11.7. The van der Waals surface area contributed by atoms with Gasteiger partial charge in [-0.15, -0.1) is 6.58 Å². The number of ether oxygens (including phenoxy) is 1. The molecule has 0 saturated heterocycles. The number of carbonyl (C=O) groups excluding carboxylic acids is 3. The molecule has 0 spiro atoms. The van der Waals surface area contributed by atoms with E-state index < -0.39 is 34.8 Å². The molecule has 2 bridgehead atoms. The smallest absolute Gasteiger partial charge is 0.343 e. The van der Waals surface area contributed by atoms with Gasteiger partial charge in [-0.05, 0) is 42.9 Å². The molecule has 0 amide bonds. The van der Waals surface area contributed by atoms with E-state index in [2.05, 4.69) is 37.6 Å². The molecule has 8 atom stereocenters. The molecule has 3 aliphatic carbocycles. The quantitative estimate of drug-likeness (QED) is 0.406. The number of Topliss-reactive ketones (excluding diaryl/α,β-unsaturated/α-hetero) is 2. The van der Waals surface area contributed by atoms with Crippen LogP contribution in [-0.2, 0) is 19.1 Å². The van der Waals surface area contributed by atoms with E-state index in [1.165, 1.54) is 0 Å². The van der Waals surface area contributed by atoms with Crippen molar-refractivity contribution in [3.05, 3.63) is 24.4 Å². The summed E-state index contributed by atoms with van der Waals surface area (Å²) >= 11 is 0. The Morgan fingerprint density at radius 1 is 1.28 bits per heavy atom. The summed E-state index contributed by atoms with van der Waals surface area (Å²) in [6.45, 7) is 12.0. The molecule has 32 heavy (non-hydrogen) atoms. The summed E-state index contributed by atoms with van der Waals surface area (Å²) in [6, 6.07) is 0. The van der Waals surface area contributed by atoms with E-state index in [9.17, 15) is 19.5 Å². The van der Waals surface area contributed by atoms with Crippen LogP contribution in [0.15, 0.2) is 34.7 Å². The summed E-state index contributed by atoms with van der Waals surface area (Å²) in [5, 5.41) is 18.9. The average Bonchev–Trinajstić information content (AvgIpc) is 3.12. The van der Waals surface area contributed by atoms with Crippen molar-refractivity contribution in [2.75, 3.05) is 6.54 Å². The molecular weight excluding hydrogens is 408 g/mol. The van der Waals surface area contributed by atoms with Crippen molar-refractivity contribution in [3.63, 3.8) is 0 Å². The number of aliphatic hydroxyl groups is 1. The standard InChI is InChI=1S/C25H34N2O5/c1-6-23(4)11-19(32-22(31)16-12-26-27-13-18(16)29)24(5)14(2)7-9-25(15(3)21(23)30)10-8-17(28)20(24)25/h6,12,14-15,19-21,30H,1,7-11,13H2,2-5H3/t14-,15+,19-,20?,21+,23-,24+,25+/m1/s1. The molecule has 7 nitrogen and oxygen atoms in total. The minimum Gasteiger partial charge on any atom is -0.458 e. The number of nitrogens with zero attached hydrogens (tertiary/aromatic N) is 2. The molecule has 0 radical (unpaired) electrons. The van der Waals surface area contributed by atoms with Gasteiger partial charge in [0.05, 0.1) is 12.3 Å². The lowest BCUT2D eigenvalue weighted by atomic mass is 9.44. The van der Waals surface area contributed by atoms with Gasteiger partial charge in [-0.1, -0.05) is 33.8 Å². The average molecular weight is 443 g/mol. The SMILES string of the molecule is C=C[C@]1(C)C[C@@H](OC(=O)C2=CN=NCC2=O)[C@@]2(C)C3C(=O)CC[C@@]3(CC[C@H]2C)[C@@H](C)[C@@H]1O. The predicted octanol–water partition coefficient (Wildman–Crippen LogP) is 3.81. The van der Waals surface area contributed by atoms with Crippen LogP contribution in [0.5, 0.6) is 0 Å². The van der Waals surface area contributed by atoms with Gasteiger partial charge < -0.3 is 9.84 Å². The highest BCUT2D eigenvalue weighted by molar-refractivity contribution is 6.18. The van der Waals surface area contributed by atoms with Gasteiger partial charge in [0.15, 0.2) is 5.78 Å². The summed E-state index contributed by atoms with van der Waals surface area (Å²) in [6.07, 6.45) is 4.85. The fraction of sp³-hybridized carbons (Fsp3) is 0.720. The Morgan fingerprint density at radius 2 is 2.00 bits per heavy atom. The summed E-state index contributed by atoms with van der Waals surface area (Å²) in [4.78, 5) is 38.7. The van der Waals surface area contributed by atoms with Crippen molar-refractivity contribution in [1.29, 1.82) is 0 Å². The number of hydrogen-bond donors (Lipinski definition) is 1. The number of azo groups is 1. The topological polar surface area (TPSA) is 105 Å². The van der Waals surface area contributed by atoms with Crippen LogP contribution in [0.2, 0.25) is 0 Å². The number of aliphatic hydroxyl groups excluding tert-OH is 1. The lowest BCUT2D eigenvalue weighted by Crippen LogP contribution is -2.63. The van der Waals surface area contributed by atoms with Gasteiger partial charge in [0, 0.05) is 23.2 Å². The van der Waals surface area contributed by atoms with E-state index in [1.807, 2.05) is 6.92 Å². The third kappa shape index (κ3) is 3.07. The third-order valence-electron chi connectivity index (χ3n) is 9.55. The second kappa shape index (κ2) is 7.72. The molecule has 174 valence electrons. The van der Waals surface area contributed by atoms with Crippen molar-refractivity contribution in [2.45, 2.75) is 72.0 Å². The molecule has 1 aliphatic heterocycles. The Labute approximate surface area is 189 Å². The Hall–Kier alpha value is -2.15. The van der Waals surface area contributed by atoms with E-state index in [1.54, 1.807) is 6.08 Å². The maximum Gasteiger partial charge on any atom is 0.343 e. The summed E-state index contributed by atoms with van der Waals surface area (Å²) < 4.78 is 6.09. The molecule has 0 aromatic carbocycles.